The highest BCUT2D eigenvalue weighted by atomic mass is 32.1. The van der Waals surface area contributed by atoms with Crippen molar-refractivity contribution in [2.45, 2.75) is 37.9 Å². The molecule has 2 saturated heterocycles. The van der Waals surface area contributed by atoms with Crippen LogP contribution in [0.1, 0.15) is 24.0 Å². The lowest BCUT2D eigenvalue weighted by Crippen LogP contribution is -2.33. The maximum Gasteiger partial charge on any atom is 0.417 e. The number of carbonyl (C=O) groups excluding carboxylic acids is 2. The van der Waals surface area contributed by atoms with Crippen LogP contribution in [0.15, 0.2) is 59.3 Å². The zero-order valence-corrected chi connectivity index (χ0v) is 26.6. The molecule has 0 radical (unpaired) electrons. The van der Waals surface area contributed by atoms with Crippen molar-refractivity contribution in [3.05, 3.63) is 70.4 Å². The van der Waals surface area contributed by atoms with Gasteiger partial charge < -0.3 is 18.9 Å². The summed E-state index contributed by atoms with van der Waals surface area (Å²) < 4.78 is 25.3. The van der Waals surface area contributed by atoms with Crippen molar-refractivity contribution < 1.29 is 28.5 Å². The van der Waals surface area contributed by atoms with Crippen molar-refractivity contribution in [1.29, 1.82) is 0 Å². The highest BCUT2D eigenvalue weighted by molar-refractivity contribution is 7.17. The Morgan fingerprint density at radius 3 is 1.61 bits per heavy atom. The summed E-state index contributed by atoms with van der Waals surface area (Å²) in [5.41, 5.74) is 2.56. The molecule has 0 bridgehead atoms. The lowest BCUT2D eigenvalue weighted by molar-refractivity contribution is -0.173. The maximum atomic E-state index is 12.4. The van der Waals surface area contributed by atoms with Crippen LogP contribution in [0.2, 0.25) is 0 Å². The zero-order valence-electron chi connectivity index (χ0n) is 25.0. The first-order valence-corrected chi connectivity index (χ1v) is 17.3. The van der Waals surface area contributed by atoms with Crippen LogP contribution in [0.4, 0.5) is 0 Å². The fraction of sp³-hybridized carbons (Fsp3) is 0.471. The van der Waals surface area contributed by atoms with Gasteiger partial charge in [-0.05, 0) is 82.6 Å². The molecule has 234 valence electrons. The fourth-order valence-corrected chi connectivity index (χ4v) is 7.45. The first-order valence-electron chi connectivity index (χ1n) is 15.5. The van der Waals surface area contributed by atoms with E-state index >= 15 is 0 Å². The SMILES string of the molecule is O=C(O[C@@H]1CCN(CCOCCc2ccc3sccc3c2)C1)C(=O)O[C@@H]1CCN(CCOCCc2ccc3sccc3c2)C1. The van der Waals surface area contributed by atoms with Crippen molar-refractivity contribution in [3.8, 4) is 0 Å². The van der Waals surface area contributed by atoms with E-state index in [0.717, 1.165) is 39.0 Å². The number of hydrogen-bond donors (Lipinski definition) is 0. The van der Waals surface area contributed by atoms with E-state index in [0.29, 0.717) is 52.4 Å². The Labute approximate surface area is 266 Å². The van der Waals surface area contributed by atoms with Crippen LogP contribution in [0, 0.1) is 0 Å². The molecule has 0 saturated carbocycles. The van der Waals surface area contributed by atoms with Gasteiger partial charge in [-0.25, -0.2) is 9.59 Å². The number of hydrogen-bond acceptors (Lipinski definition) is 10. The highest BCUT2D eigenvalue weighted by Gasteiger charge is 2.32. The van der Waals surface area contributed by atoms with Gasteiger partial charge in [0.2, 0.25) is 0 Å². The molecule has 0 spiro atoms. The van der Waals surface area contributed by atoms with E-state index in [1.165, 1.54) is 31.3 Å². The van der Waals surface area contributed by atoms with Crippen LogP contribution in [-0.4, -0.2) is 99.6 Å². The normalized spacial score (nSPS) is 19.3. The standard InChI is InChI=1S/C34H40N2O6S2/c37-33(41-29-5-11-35(23-29)13-17-39-15-7-25-1-3-31-27(21-25)9-19-43-31)34(38)42-30-6-12-36(24-30)14-18-40-16-8-26-2-4-32-28(22-26)10-20-44-32/h1-4,9-10,19-22,29-30H,5-8,11-18,23-24H2/t29-,30-/m1/s1. The van der Waals surface area contributed by atoms with Gasteiger partial charge >= 0.3 is 11.9 Å². The molecule has 10 heteroatoms. The van der Waals surface area contributed by atoms with E-state index in [-0.39, 0.29) is 12.2 Å². The Bertz CT molecular complexity index is 1420. The summed E-state index contributed by atoms with van der Waals surface area (Å²) in [6, 6.07) is 17.4. The predicted molar refractivity (Wildman–Crippen MR) is 175 cm³/mol. The van der Waals surface area contributed by atoms with Crippen LogP contribution in [0.5, 0.6) is 0 Å². The zero-order chi connectivity index (χ0) is 30.1. The Morgan fingerprint density at radius 2 is 1.14 bits per heavy atom. The number of thiophene rings is 2. The minimum Gasteiger partial charge on any atom is -0.453 e. The second kappa shape index (κ2) is 15.4. The molecule has 2 aliphatic rings. The third-order valence-electron chi connectivity index (χ3n) is 8.38. The molecule has 0 amide bonds. The summed E-state index contributed by atoms with van der Waals surface area (Å²) in [7, 11) is 0. The van der Waals surface area contributed by atoms with Crippen LogP contribution < -0.4 is 0 Å². The first kappa shape index (κ1) is 31.1. The van der Waals surface area contributed by atoms with Gasteiger partial charge in [0.15, 0.2) is 0 Å². The molecule has 2 aromatic carbocycles. The number of benzene rings is 2. The van der Waals surface area contributed by atoms with Crippen molar-refractivity contribution in [3.63, 3.8) is 0 Å². The third-order valence-corrected chi connectivity index (χ3v) is 10.2. The number of ether oxygens (including phenoxy) is 4. The Kier molecular flexibility index (Phi) is 10.9. The van der Waals surface area contributed by atoms with E-state index in [2.05, 4.69) is 69.1 Å². The summed E-state index contributed by atoms with van der Waals surface area (Å²) in [6.07, 6.45) is 2.59. The minimum absolute atomic E-state index is 0.295. The fourth-order valence-electron chi connectivity index (χ4n) is 5.91. The first-order chi connectivity index (χ1) is 21.6. The molecule has 2 aliphatic heterocycles. The van der Waals surface area contributed by atoms with Gasteiger partial charge in [0.1, 0.15) is 12.2 Å². The topological polar surface area (TPSA) is 77.5 Å². The van der Waals surface area contributed by atoms with Gasteiger partial charge in [0.25, 0.3) is 0 Å². The summed E-state index contributed by atoms with van der Waals surface area (Å²) >= 11 is 3.52. The molecular weight excluding hydrogens is 597 g/mol. The molecule has 2 fully saturated rings. The van der Waals surface area contributed by atoms with Crippen LogP contribution >= 0.6 is 22.7 Å². The smallest absolute Gasteiger partial charge is 0.417 e. The second-order valence-electron chi connectivity index (χ2n) is 11.5. The molecule has 44 heavy (non-hydrogen) atoms. The largest absolute Gasteiger partial charge is 0.453 e. The molecule has 8 nitrogen and oxygen atoms in total. The van der Waals surface area contributed by atoms with E-state index in [1.807, 2.05) is 0 Å². The maximum absolute atomic E-state index is 12.4. The van der Waals surface area contributed by atoms with Gasteiger partial charge in [0.05, 0.1) is 26.4 Å². The number of rotatable bonds is 14. The van der Waals surface area contributed by atoms with Crippen molar-refractivity contribution in [1.82, 2.24) is 9.80 Å². The lowest BCUT2D eigenvalue weighted by atomic mass is 10.1. The highest BCUT2D eigenvalue weighted by Crippen LogP contribution is 2.23. The van der Waals surface area contributed by atoms with Crippen molar-refractivity contribution in [2.75, 3.05) is 65.7 Å². The molecule has 0 aliphatic carbocycles. The quantitative estimate of drug-likeness (QED) is 0.107. The van der Waals surface area contributed by atoms with Gasteiger partial charge in [0, 0.05) is 48.7 Å². The summed E-state index contributed by atoms with van der Waals surface area (Å²) in [5, 5.41) is 6.81. The minimum atomic E-state index is -0.891. The molecule has 0 unspecified atom stereocenters. The molecule has 4 aromatic rings. The summed E-state index contributed by atoms with van der Waals surface area (Å²) in [6.45, 7) is 6.98. The summed E-state index contributed by atoms with van der Waals surface area (Å²) in [4.78, 5) is 29.3. The van der Waals surface area contributed by atoms with Crippen LogP contribution in [0.25, 0.3) is 20.2 Å². The van der Waals surface area contributed by atoms with Crippen LogP contribution in [0.3, 0.4) is 0 Å². The Hall–Kier alpha value is -2.86. The molecule has 0 N–H and O–H groups in total. The number of carbonyl (C=O) groups is 2. The van der Waals surface area contributed by atoms with Crippen LogP contribution in [-0.2, 0) is 41.4 Å². The monoisotopic (exact) mass is 636 g/mol. The number of nitrogens with zero attached hydrogens (tertiary/aromatic N) is 2. The third kappa shape index (κ3) is 8.65. The average Bonchev–Trinajstić information content (AvgIpc) is 3.84. The predicted octanol–water partition coefficient (Wildman–Crippen LogP) is 5.17. The van der Waals surface area contributed by atoms with Gasteiger partial charge in [-0.15, -0.1) is 22.7 Å². The van der Waals surface area contributed by atoms with E-state index < -0.39 is 11.9 Å². The molecule has 4 heterocycles. The Morgan fingerprint density at radius 1 is 0.659 bits per heavy atom. The van der Waals surface area contributed by atoms with E-state index in [9.17, 15) is 9.59 Å². The van der Waals surface area contributed by atoms with Gasteiger partial charge in [-0.2, -0.15) is 0 Å². The number of likely N-dealkylation sites (tertiary alicyclic amines) is 2. The average molecular weight is 637 g/mol. The van der Waals surface area contributed by atoms with Gasteiger partial charge in [-0.3, -0.25) is 9.80 Å². The van der Waals surface area contributed by atoms with Crippen molar-refractivity contribution >= 4 is 54.8 Å². The molecule has 2 atom stereocenters. The lowest BCUT2D eigenvalue weighted by Gasteiger charge is -2.17. The van der Waals surface area contributed by atoms with Crippen molar-refractivity contribution in [2.24, 2.45) is 0 Å². The number of esters is 2. The molecule has 6 rings (SSSR count). The second-order valence-corrected chi connectivity index (χ2v) is 13.4. The summed E-state index contributed by atoms with van der Waals surface area (Å²) in [5.74, 6) is -1.78. The Balaban J connectivity index is 0.797. The molecular formula is C34H40N2O6S2. The van der Waals surface area contributed by atoms with E-state index in [1.54, 1.807) is 22.7 Å². The van der Waals surface area contributed by atoms with E-state index in [4.69, 9.17) is 18.9 Å². The molecule has 2 aromatic heterocycles. The van der Waals surface area contributed by atoms with Gasteiger partial charge in [-0.1, -0.05) is 24.3 Å². The number of fused-ring (bicyclic) bond motifs is 2.